The van der Waals surface area contributed by atoms with Crippen molar-refractivity contribution in [3.8, 4) is 5.75 Å². The fraction of sp³-hybridized carbons (Fsp3) is 0.364. The number of carbonyl (C=O) groups is 1. The third kappa shape index (κ3) is 2.45. The Morgan fingerprint density at radius 1 is 1.30 bits per heavy atom. The highest BCUT2D eigenvalue weighted by atomic mass is 16.5. The number of aromatic amines is 1. The van der Waals surface area contributed by atoms with Crippen molar-refractivity contribution in [3.63, 3.8) is 0 Å². The fourth-order valence-electron chi connectivity index (χ4n) is 5.04. The molecule has 1 aliphatic carbocycles. The number of benzene rings is 2. The Balaban J connectivity index is 1.49. The number of amides is 1. The number of aromatic nitrogens is 2. The van der Waals surface area contributed by atoms with Gasteiger partial charge in [0.05, 0.1) is 24.5 Å². The van der Waals surface area contributed by atoms with Crippen LogP contribution in [0.1, 0.15) is 45.8 Å². The van der Waals surface area contributed by atoms with Crippen LogP contribution in [0.2, 0.25) is 0 Å². The minimum Gasteiger partial charge on any atom is -0.496 e. The topological polar surface area (TPSA) is 58.2 Å². The molecule has 27 heavy (non-hydrogen) atoms. The number of rotatable bonds is 2. The summed E-state index contributed by atoms with van der Waals surface area (Å²) in [6.07, 6.45) is 4.77. The highest BCUT2D eigenvalue weighted by molar-refractivity contribution is 5.97. The zero-order valence-electron chi connectivity index (χ0n) is 15.7. The molecule has 5 heteroatoms. The van der Waals surface area contributed by atoms with Gasteiger partial charge in [-0.25, -0.2) is 4.98 Å². The molecular weight excluding hydrogens is 338 g/mol. The first kappa shape index (κ1) is 16.4. The predicted octanol–water partition coefficient (Wildman–Crippen LogP) is 3.82. The van der Waals surface area contributed by atoms with Crippen molar-refractivity contribution in [2.45, 2.75) is 38.1 Å². The molecule has 2 aromatic carbocycles. The number of ether oxygens (including phenoxy) is 1. The second-order valence-electron chi connectivity index (χ2n) is 7.62. The van der Waals surface area contributed by atoms with Crippen LogP contribution in [0.4, 0.5) is 0 Å². The van der Waals surface area contributed by atoms with Crippen molar-refractivity contribution in [2.24, 2.45) is 0 Å². The van der Waals surface area contributed by atoms with Crippen LogP contribution >= 0.6 is 0 Å². The zero-order chi connectivity index (χ0) is 18.5. The lowest BCUT2D eigenvalue weighted by atomic mass is 9.86. The Morgan fingerprint density at radius 2 is 2.19 bits per heavy atom. The lowest BCUT2D eigenvalue weighted by molar-refractivity contribution is 0.0595. The molecule has 2 heterocycles. The number of hydrogen-bond acceptors (Lipinski definition) is 3. The molecule has 0 spiro atoms. The van der Waals surface area contributed by atoms with Crippen LogP contribution in [0.25, 0.3) is 11.0 Å². The average molecular weight is 361 g/mol. The first-order chi connectivity index (χ1) is 13.2. The van der Waals surface area contributed by atoms with E-state index in [2.05, 4.69) is 33.9 Å². The molecule has 138 valence electrons. The lowest BCUT2D eigenvalue weighted by Crippen LogP contribution is -2.46. The van der Waals surface area contributed by atoms with Gasteiger partial charge in [0.2, 0.25) is 0 Å². The van der Waals surface area contributed by atoms with Gasteiger partial charge in [0.15, 0.2) is 0 Å². The zero-order valence-corrected chi connectivity index (χ0v) is 15.7. The summed E-state index contributed by atoms with van der Waals surface area (Å²) in [5.74, 6) is 1.48. The van der Waals surface area contributed by atoms with Crippen molar-refractivity contribution in [1.82, 2.24) is 14.9 Å². The van der Waals surface area contributed by atoms with E-state index in [-0.39, 0.29) is 11.9 Å². The number of hydrogen-bond donors (Lipinski definition) is 1. The quantitative estimate of drug-likeness (QED) is 0.755. The molecule has 3 aromatic rings. The summed E-state index contributed by atoms with van der Waals surface area (Å²) in [5.41, 5.74) is 6.53. The number of methoxy groups -OCH3 is 1. The largest absolute Gasteiger partial charge is 0.496 e. The van der Waals surface area contributed by atoms with Gasteiger partial charge in [0.1, 0.15) is 5.75 Å². The molecule has 0 bridgehead atoms. The van der Waals surface area contributed by atoms with Gasteiger partial charge >= 0.3 is 0 Å². The van der Waals surface area contributed by atoms with Crippen molar-refractivity contribution < 1.29 is 9.53 Å². The maximum Gasteiger partial charge on any atom is 0.254 e. The summed E-state index contributed by atoms with van der Waals surface area (Å²) >= 11 is 0. The van der Waals surface area contributed by atoms with Crippen LogP contribution in [-0.2, 0) is 6.42 Å². The molecule has 1 aromatic heterocycles. The SMILES string of the molecule is COc1ccc2c(c1C)[C@@H]1CCCN(C(=O)c3ccc4nc[nH]c4c3)[C@@H]1C2. The van der Waals surface area contributed by atoms with E-state index in [1.807, 2.05) is 18.2 Å². The standard InChI is InChI=1S/C22H23N3O2/c1-13-20(27-2)8-6-14-11-19-16(21(13)14)4-3-9-25(19)22(26)15-5-7-17-18(10-15)24-12-23-17/h5-8,10,12,16,19H,3-4,9,11H2,1-2H3,(H,23,24)/t16-,19-/m1/s1. The maximum atomic E-state index is 13.3. The molecule has 1 fully saturated rings. The molecule has 0 unspecified atom stereocenters. The number of nitrogens with zero attached hydrogens (tertiary/aromatic N) is 2. The Labute approximate surface area is 158 Å². The third-order valence-electron chi connectivity index (χ3n) is 6.28. The number of H-pyrrole nitrogens is 1. The second-order valence-corrected chi connectivity index (χ2v) is 7.62. The van der Waals surface area contributed by atoms with E-state index in [0.29, 0.717) is 5.92 Å². The van der Waals surface area contributed by atoms with Gasteiger partial charge in [-0.2, -0.15) is 0 Å². The number of piperidine rings is 1. The van der Waals surface area contributed by atoms with Crippen LogP contribution in [0.5, 0.6) is 5.75 Å². The molecule has 5 rings (SSSR count). The molecule has 2 atom stereocenters. The highest BCUT2D eigenvalue weighted by Gasteiger charge is 2.42. The first-order valence-electron chi connectivity index (χ1n) is 9.58. The number of fused-ring (bicyclic) bond motifs is 4. The normalized spacial score (nSPS) is 21.2. The highest BCUT2D eigenvalue weighted by Crippen LogP contribution is 2.46. The molecular formula is C22H23N3O2. The van der Waals surface area contributed by atoms with Crippen LogP contribution in [0, 0.1) is 6.92 Å². The number of carbonyl (C=O) groups excluding carboxylic acids is 1. The summed E-state index contributed by atoms with van der Waals surface area (Å²) in [4.78, 5) is 22.8. The Morgan fingerprint density at radius 3 is 3.04 bits per heavy atom. The van der Waals surface area contributed by atoms with Crippen molar-refractivity contribution >= 4 is 16.9 Å². The number of nitrogens with one attached hydrogen (secondary N) is 1. The molecule has 0 radical (unpaired) electrons. The van der Waals surface area contributed by atoms with Crippen molar-refractivity contribution in [3.05, 3.63) is 58.9 Å². The van der Waals surface area contributed by atoms with Gasteiger partial charge in [-0.05, 0) is 67.1 Å². The molecule has 2 aliphatic rings. The van der Waals surface area contributed by atoms with Gasteiger partial charge in [-0.15, -0.1) is 0 Å². The molecule has 0 saturated carbocycles. The summed E-state index contributed by atoms with van der Waals surface area (Å²) in [6, 6.07) is 10.2. The Hall–Kier alpha value is -2.82. The van der Waals surface area contributed by atoms with Crippen molar-refractivity contribution in [2.75, 3.05) is 13.7 Å². The predicted molar refractivity (Wildman–Crippen MR) is 104 cm³/mol. The average Bonchev–Trinajstić information content (AvgIpc) is 3.31. The molecule has 1 N–H and O–H groups in total. The first-order valence-corrected chi connectivity index (χ1v) is 9.58. The molecule has 1 amide bonds. The van der Waals surface area contributed by atoms with E-state index in [9.17, 15) is 4.79 Å². The smallest absolute Gasteiger partial charge is 0.254 e. The fourth-order valence-corrected chi connectivity index (χ4v) is 5.04. The summed E-state index contributed by atoms with van der Waals surface area (Å²) < 4.78 is 5.54. The van der Waals surface area contributed by atoms with Crippen LogP contribution in [0.15, 0.2) is 36.7 Å². The Kier molecular flexibility index (Phi) is 3.71. The van der Waals surface area contributed by atoms with Gasteiger partial charge < -0.3 is 14.6 Å². The van der Waals surface area contributed by atoms with E-state index in [1.54, 1.807) is 13.4 Å². The van der Waals surface area contributed by atoms with Gasteiger partial charge in [-0.3, -0.25) is 4.79 Å². The van der Waals surface area contributed by atoms with E-state index in [1.165, 1.54) is 16.7 Å². The minimum absolute atomic E-state index is 0.124. The van der Waals surface area contributed by atoms with Gasteiger partial charge in [-0.1, -0.05) is 6.07 Å². The van der Waals surface area contributed by atoms with Crippen molar-refractivity contribution in [1.29, 1.82) is 0 Å². The minimum atomic E-state index is 0.124. The molecule has 1 saturated heterocycles. The third-order valence-corrected chi connectivity index (χ3v) is 6.28. The van der Waals surface area contributed by atoms with Crippen LogP contribution < -0.4 is 4.74 Å². The monoisotopic (exact) mass is 361 g/mol. The lowest BCUT2D eigenvalue weighted by Gasteiger charge is -2.38. The summed E-state index contributed by atoms with van der Waals surface area (Å²) in [7, 11) is 1.73. The van der Waals surface area contributed by atoms with E-state index in [0.717, 1.165) is 48.2 Å². The van der Waals surface area contributed by atoms with E-state index in [4.69, 9.17) is 4.74 Å². The van der Waals surface area contributed by atoms with Gasteiger partial charge in [0.25, 0.3) is 5.91 Å². The Bertz CT molecular complexity index is 1040. The second kappa shape index (κ2) is 6.12. The van der Waals surface area contributed by atoms with Gasteiger partial charge in [0, 0.05) is 24.1 Å². The molecule has 1 aliphatic heterocycles. The maximum absolute atomic E-state index is 13.3. The molecule has 5 nitrogen and oxygen atoms in total. The number of imidazole rings is 1. The summed E-state index contributed by atoms with van der Waals surface area (Å²) in [6.45, 7) is 2.97. The van der Waals surface area contributed by atoms with Crippen LogP contribution in [0.3, 0.4) is 0 Å². The van der Waals surface area contributed by atoms with E-state index < -0.39 is 0 Å². The number of likely N-dealkylation sites (tertiary alicyclic amines) is 1. The van der Waals surface area contributed by atoms with Crippen LogP contribution in [-0.4, -0.2) is 40.5 Å². The summed E-state index contributed by atoms with van der Waals surface area (Å²) in [5, 5.41) is 0. The van der Waals surface area contributed by atoms with E-state index >= 15 is 0 Å².